The fraction of sp³-hybridized carbons (Fsp3) is 0.348. The summed E-state index contributed by atoms with van der Waals surface area (Å²) in [5, 5.41) is 21.7. The van der Waals surface area contributed by atoms with Crippen LogP contribution in [0.25, 0.3) is 0 Å². The van der Waals surface area contributed by atoms with Gasteiger partial charge in [-0.1, -0.05) is 17.7 Å². The Hall–Kier alpha value is -3.26. The lowest BCUT2D eigenvalue weighted by atomic mass is 10.0. The summed E-state index contributed by atoms with van der Waals surface area (Å²) in [5.74, 6) is 0. The third kappa shape index (κ3) is 5.67. The third-order valence-electron chi connectivity index (χ3n) is 5.62. The van der Waals surface area contributed by atoms with Gasteiger partial charge in [0.15, 0.2) is 0 Å². The highest BCUT2D eigenvalue weighted by Gasteiger charge is 2.25. The Morgan fingerprint density at radius 2 is 1.81 bits per heavy atom. The minimum Gasteiger partial charge on any atom is -0.344 e. The topological polar surface area (TPSA) is 87.6 Å². The molecular weight excluding hydrogens is 412 g/mol. The van der Waals surface area contributed by atoms with E-state index in [1.165, 1.54) is 4.90 Å². The number of benzene rings is 1. The van der Waals surface area contributed by atoms with Crippen molar-refractivity contribution < 1.29 is 9.69 Å². The first-order valence-electron chi connectivity index (χ1n) is 10.2. The summed E-state index contributed by atoms with van der Waals surface area (Å²) in [6, 6.07) is 11.0. The van der Waals surface area contributed by atoms with E-state index in [4.69, 9.17) is 22.1 Å². The summed E-state index contributed by atoms with van der Waals surface area (Å²) >= 11 is 5.98. The second-order valence-electron chi connectivity index (χ2n) is 7.70. The van der Waals surface area contributed by atoms with Crippen LogP contribution in [0.4, 0.5) is 10.5 Å². The Morgan fingerprint density at radius 1 is 1.16 bits per heavy atom. The van der Waals surface area contributed by atoms with Gasteiger partial charge in [0, 0.05) is 27.7 Å². The van der Waals surface area contributed by atoms with E-state index in [1.54, 1.807) is 12.1 Å². The second-order valence-corrected chi connectivity index (χ2v) is 8.14. The lowest BCUT2D eigenvalue weighted by molar-refractivity contribution is -0.903. The van der Waals surface area contributed by atoms with E-state index in [2.05, 4.69) is 10.2 Å². The van der Waals surface area contributed by atoms with Crippen LogP contribution in [0, 0.1) is 22.7 Å². The zero-order valence-electron chi connectivity index (χ0n) is 17.8. The van der Waals surface area contributed by atoms with Gasteiger partial charge in [0.2, 0.25) is 0 Å². The molecule has 2 N–H and O–H groups in total. The predicted molar refractivity (Wildman–Crippen MR) is 120 cm³/mol. The van der Waals surface area contributed by atoms with Crippen molar-refractivity contribution in [2.45, 2.75) is 13.8 Å². The Balaban J connectivity index is 1.50. The number of carbonyl (C=O) groups is 1. The summed E-state index contributed by atoms with van der Waals surface area (Å²) in [7, 11) is 0. The molecule has 0 spiro atoms. The van der Waals surface area contributed by atoms with Crippen molar-refractivity contribution in [2.75, 3.05) is 44.6 Å². The molecule has 0 aromatic heterocycles. The van der Waals surface area contributed by atoms with Gasteiger partial charge in [-0.2, -0.15) is 10.5 Å². The van der Waals surface area contributed by atoms with Gasteiger partial charge >= 0.3 is 6.03 Å². The molecule has 1 aromatic rings. The number of piperazine rings is 1. The standard InChI is InChI=1S/C23H25ClN6O/c1-17-12-19(20(15-25)16-26)13-18(2)30(17)11-8-28-6-9-29(10-7-28)23(31)27-22-5-3-4-21(24)14-22/h3-5,12-14H,6-11H2,1-2H3,(H,27,31)/p+1. The Morgan fingerprint density at radius 3 is 2.39 bits per heavy atom. The Bertz CT molecular complexity index is 983. The van der Waals surface area contributed by atoms with Gasteiger partial charge in [-0.05, 0) is 44.2 Å². The summed E-state index contributed by atoms with van der Waals surface area (Å²) in [5.41, 5.74) is 3.55. The number of nitriles is 2. The lowest BCUT2D eigenvalue weighted by Gasteiger charge is -2.35. The van der Waals surface area contributed by atoms with E-state index in [-0.39, 0.29) is 11.6 Å². The van der Waals surface area contributed by atoms with E-state index < -0.39 is 0 Å². The lowest BCUT2D eigenvalue weighted by Crippen LogP contribution is -3.15. The van der Waals surface area contributed by atoms with Gasteiger partial charge in [0.25, 0.3) is 0 Å². The highest BCUT2D eigenvalue weighted by molar-refractivity contribution is 6.30. The maximum Gasteiger partial charge on any atom is 0.322 e. The third-order valence-corrected chi connectivity index (χ3v) is 5.85. The molecule has 1 aromatic carbocycles. The summed E-state index contributed by atoms with van der Waals surface area (Å²) in [6.07, 6.45) is 3.78. The first-order chi connectivity index (χ1) is 14.9. The fourth-order valence-electron chi connectivity index (χ4n) is 3.89. The average Bonchev–Trinajstić information content (AvgIpc) is 2.74. The largest absolute Gasteiger partial charge is 0.344 e. The molecule has 7 nitrogen and oxygen atoms in total. The van der Waals surface area contributed by atoms with Crippen molar-refractivity contribution in [1.29, 1.82) is 10.5 Å². The van der Waals surface area contributed by atoms with Crippen molar-refractivity contribution in [3.05, 3.63) is 64.0 Å². The van der Waals surface area contributed by atoms with Crippen LogP contribution >= 0.6 is 11.6 Å². The number of nitrogens with one attached hydrogen (secondary N) is 2. The van der Waals surface area contributed by atoms with Crippen LogP contribution in [0.2, 0.25) is 5.02 Å². The summed E-state index contributed by atoms with van der Waals surface area (Å²) < 4.78 is 0. The summed E-state index contributed by atoms with van der Waals surface area (Å²) in [4.78, 5) is 18.0. The first-order valence-corrected chi connectivity index (χ1v) is 10.6. The van der Waals surface area contributed by atoms with Crippen LogP contribution in [0.1, 0.15) is 13.8 Å². The number of anilines is 1. The molecule has 3 rings (SSSR count). The number of nitrogens with zero attached hydrogens (tertiary/aromatic N) is 4. The number of halogens is 1. The molecule has 1 saturated heterocycles. The van der Waals surface area contributed by atoms with Crippen LogP contribution in [0.15, 0.2) is 59.0 Å². The number of quaternary nitrogens is 1. The van der Waals surface area contributed by atoms with Crippen molar-refractivity contribution >= 4 is 23.3 Å². The van der Waals surface area contributed by atoms with Crippen LogP contribution < -0.4 is 10.2 Å². The van der Waals surface area contributed by atoms with E-state index in [0.29, 0.717) is 29.4 Å². The smallest absolute Gasteiger partial charge is 0.322 e. The quantitative estimate of drug-likeness (QED) is 0.708. The van der Waals surface area contributed by atoms with Gasteiger partial charge < -0.3 is 20.0 Å². The van der Waals surface area contributed by atoms with E-state index in [1.807, 2.05) is 55.2 Å². The number of amides is 2. The van der Waals surface area contributed by atoms with Gasteiger partial charge in [-0.3, -0.25) is 0 Å². The number of hydrogen-bond donors (Lipinski definition) is 2. The molecule has 0 aliphatic carbocycles. The predicted octanol–water partition coefficient (Wildman–Crippen LogP) is 2.54. The highest BCUT2D eigenvalue weighted by atomic mass is 35.5. The molecule has 1 fully saturated rings. The fourth-order valence-corrected chi connectivity index (χ4v) is 4.08. The van der Waals surface area contributed by atoms with Gasteiger partial charge in [-0.15, -0.1) is 0 Å². The number of carbonyl (C=O) groups excluding carboxylic acids is 1. The van der Waals surface area contributed by atoms with Crippen LogP contribution in [0.3, 0.4) is 0 Å². The molecule has 0 unspecified atom stereocenters. The Labute approximate surface area is 188 Å². The second kappa shape index (κ2) is 10.2. The average molecular weight is 438 g/mol. The summed E-state index contributed by atoms with van der Waals surface area (Å²) in [6.45, 7) is 8.96. The highest BCUT2D eigenvalue weighted by Crippen LogP contribution is 2.23. The Kier molecular flexibility index (Phi) is 7.36. The molecule has 2 aliphatic rings. The van der Waals surface area contributed by atoms with Crippen molar-refractivity contribution in [2.24, 2.45) is 0 Å². The molecule has 31 heavy (non-hydrogen) atoms. The normalized spacial score (nSPS) is 16.7. The zero-order chi connectivity index (χ0) is 22.4. The van der Waals surface area contributed by atoms with Gasteiger partial charge in [0.1, 0.15) is 17.7 Å². The molecule has 2 amide bonds. The van der Waals surface area contributed by atoms with Crippen LogP contribution in [-0.4, -0.2) is 55.1 Å². The molecule has 0 radical (unpaired) electrons. The van der Waals surface area contributed by atoms with Gasteiger partial charge in [-0.25, -0.2) is 4.79 Å². The minimum atomic E-state index is -0.0972. The number of rotatable bonds is 4. The molecule has 160 valence electrons. The van der Waals surface area contributed by atoms with Crippen LogP contribution in [0.5, 0.6) is 0 Å². The van der Waals surface area contributed by atoms with Crippen molar-refractivity contribution in [3.8, 4) is 12.1 Å². The number of urea groups is 1. The number of hydrogen-bond acceptors (Lipinski definition) is 4. The monoisotopic (exact) mass is 437 g/mol. The molecule has 0 bridgehead atoms. The molecular formula is C23H26ClN6O+. The SMILES string of the molecule is CC1=CC(=C(C#N)C#N)C=C(C)N1CC[NH+]1CCN(C(=O)Nc2cccc(Cl)c2)CC1. The zero-order valence-corrected chi connectivity index (χ0v) is 18.5. The molecule has 2 aliphatic heterocycles. The molecule has 8 heteroatoms. The molecule has 0 atom stereocenters. The van der Waals surface area contributed by atoms with E-state index in [0.717, 1.165) is 37.6 Å². The van der Waals surface area contributed by atoms with Crippen LogP contribution in [-0.2, 0) is 0 Å². The molecule has 0 saturated carbocycles. The van der Waals surface area contributed by atoms with Crippen molar-refractivity contribution in [3.63, 3.8) is 0 Å². The van der Waals surface area contributed by atoms with E-state index in [9.17, 15) is 4.79 Å². The minimum absolute atomic E-state index is 0.0972. The maximum absolute atomic E-state index is 12.5. The number of allylic oxidation sites excluding steroid dienone is 6. The van der Waals surface area contributed by atoms with Crippen molar-refractivity contribution in [1.82, 2.24) is 9.80 Å². The van der Waals surface area contributed by atoms with Gasteiger partial charge in [0.05, 0.1) is 39.3 Å². The molecule has 2 heterocycles. The maximum atomic E-state index is 12.5. The van der Waals surface area contributed by atoms with E-state index >= 15 is 0 Å². The first kappa shape index (κ1) is 22.4.